The van der Waals surface area contributed by atoms with E-state index >= 15 is 0 Å². The summed E-state index contributed by atoms with van der Waals surface area (Å²) >= 11 is 0. The molecule has 0 bridgehead atoms. The van der Waals surface area contributed by atoms with Crippen molar-refractivity contribution >= 4 is 16.8 Å². The second-order valence-corrected chi connectivity index (χ2v) is 4.92. The van der Waals surface area contributed by atoms with E-state index in [1.807, 2.05) is 54.6 Å². The molecule has 22 heavy (non-hydrogen) atoms. The summed E-state index contributed by atoms with van der Waals surface area (Å²) in [4.78, 5) is 17.0. The molecule has 0 spiro atoms. The van der Waals surface area contributed by atoms with Crippen molar-refractivity contribution in [3.8, 4) is 11.3 Å². The third-order valence-corrected chi connectivity index (χ3v) is 3.43. The Kier molecular flexibility index (Phi) is 4.12. The monoisotopic (exact) mass is 292 g/mol. The largest absolute Gasteiger partial charge is 0.395 e. The number of rotatable bonds is 4. The number of nitrogens with one attached hydrogen (secondary N) is 1. The van der Waals surface area contributed by atoms with Crippen LogP contribution in [0.1, 0.15) is 10.4 Å². The van der Waals surface area contributed by atoms with Crippen LogP contribution in [0.5, 0.6) is 0 Å². The number of aliphatic hydroxyl groups excluding tert-OH is 1. The molecule has 4 heteroatoms. The Morgan fingerprint density at radius 3 is 2.55 bits per heavy atom. The van der Waals surface area contributed by atoms with Crippen molar-refractivity contribution in [2.75, 3.05) is 13.2 Å². The number of aliphatic hydroxyl groups is 1. The van der Waals surface area contributed by atoms with E-state index in [2.05, 4.69) is 10.3 Å². The highest BCUT2D eigenvalue weighted by atomic mass is 16.3. The van der Waals surface area contributed by atoms with Gasteiger partial charge in [-0.3, -0.25) is 4.79 Å². The Bertz CT molecular complexity index is 801. The van der Waals surface area contributed by atoms with Crippen molar-refractivity contribution in [3.63, 3.8) is 0 Å². The molecule has 1 aromatic heterocycles. The lowest BCUT2D eigenvalue weighted by Gasteiger charge is -2.10. The van der Waals surface area contributed by atoms with Crippen LogP contribution in [-0.2, 0) is 0 Å². The average Bonchev–Trinajstić information content (AvgIpc) is 2.59. The summed E-state index contributed by atoms with van der Waals surface area (Å²) in [5.74, 6) is -0.204. The number of aromatic nitrogens is 1. The van der Waals surface area contributed by atoms with Crippen molar-refractivity contribution in [2.24, 2.45) is 0 Å². The first-order valence-corrected chi connectivity index (χ1v) is 7.14. The fraction of sp³-hybridized carbons (Fsp3) is 0.111. The second kappa shape index (κ2) is 6.37. The molecular formula is C18H16N2O2. The van der Waals surface area contributed by atoms with Crippen molar-refractivity contribution in [1.29, 1.82) is 0 Å². The van der Waals surface area contributed by atoms with Crippen LogP contribution in [0, 0.1) is 0 Å². The molecule has 0 fully saturated rings. The van der Waals surface area contributed by atoms with Crippen molar-refractivity contribution in [3.05, 3.63) is 66.2 Å². The highest BCUT2D eigenvalue weighted by molar-refractivity contribution is 6.07. The molecule has 110 valence electrons. The number of hydrogen-bond acceptors (Lipinski definition) is 3. The van der Waals surface area contributed by atoms with Crippen molar-refractivity contribution < 1.29 is 9.90 Å². The summed E-state index contributed by atoms with van der Waals surface area (Å²) in [5, 5.41) is 12.4. The highest BCUT2D eigenvalue weighted by Crippen LogP contribution is 2.24. The van der Waals surface area contributed by atoms with Gasteiger partial charge in [0.1, 0.15) is 0 Å². The van der Waals surface area contributed by atoms with Crippen LogP contribution in [-0.4, -0.2) is 29.1 Å². The van der Waals surface area contributed by atoms with E-state index in [0.29, 0.717) is 5.56 Å². The Labute approximate surface area is 128 Å². The summed E-state index contributed by atoms with van der Waals surface area (Å²) in [6.45, 7) is 0.149. The van der Waals surface area contributed by atoms with E-state index < -0.39 is 0 Å². The third kappa shape index (κ3) is 2.82. The van der Waals surface area contributed by atoms with Crippen LogP contribution in [0.3, 0.4) is 0 Å². The smallest absolute Gasteiger partial charge is 0.252 e. The Morgan fingerprint density at radius 2 is 1.77 bits per heavy atom. The molecule has 0 aliphatic rings. The molecule has 0 unspecified atom stereocenters. The zero-order valence-electron chi connectivity index (χ0n) is 12.0. The topological polar surface area (TPSA) is 62.2 Å². The van der Waals surface area contributed by atoms with E-state index in [9.17, 15) is 4.79 Å². The fourth-order valence-corrected chi connectivity index (χ4v) is 2.38. The first-order valence-electron chi connectivity index (χ1n) is 7.14. The van der Waals surface area contributed by atoms with Crippen molar-refractivity contribution in [2.45, 2.75) is 0 Å². The minimum atomic E-state index is -0.204. The maximum Gasteiger partial charge on any atom is 0.252 e. The van der Waals surface area contributed by atoms with Gasteiger partial charge in [0.15, 0.2) is 0 Å². The van der Waals surface area contributed by atoms with Gasteiger partial charge in [-0.2, -0.15) is 0 Å². The van der Waals surface area contributed by atoms with Gasteiger partial charge in [-0.25, -0.2) is 4.98 Å². The summed E-state index contributed by atoms with van der Waals surface area (Å²) in [7, 11) is 0. The van der Waals surface area contributed by atoms with Crippen molar-refractivity contribution in [1.82, 2.24) is 10.3 Å². The maximum absolute atomic E-state index is 12.4. The molecule has 2 N–H and O–H groups in total. The molecule has 0 aliphatic carbocycles. The van der Waals surface area contributed by atoms with E-state index in [0.717, 1.165) is 22.2 Å². The normalized spacial score (nSPS) is 10.6. The number of benzene rings is 2. The summed E-state index contributed by atoms with van der Waals surface area (Å²) in [5.41, 5.74) is 3.06. The highest BCUT2D eigenvalue weighted by Gasteiger charge is 2.13. The number of amides is 1. The zero-order valence-corrected chi connectivity index (χ0v) is 12.0. The van der Waals surface area contributed by atoms with Gasteiger partial charge in [0, 0.05) is 17.5 Å². The predicted molar refractivity (Wildman–Crippen MR) is 86.6 cm³/mol. The lowest BCUT2D eigenvalue weighted by atomic mass is 10.0. The van der Waals surface area contributed by atoms with Gasteiger partial charge in [-0.1, -0.05) is 48.5 Å². The Hall–Kier alpha value is -2.72. The number of hydrogen-bond donors (Lipinski definition) is 2. The summed E-state index contributed by atoms with van der Waals surface area (Å²) in [6, 6.07) is 19.1. The molecule has 1 amide bonds. The number of para-hydroxylation sites is 1. The van der Waals surface area contributed by atoms with Gasteiger partial charge in [-0.05, 0) is 12.1 Å². The number of carbonyl (C=O) groups excluding carboxylic acids is 1. The van der Waals surface area contributed by atoms with Crippen LogP contribution in [0.15, 0.2) is 60.7 Å². The predicted octanol–water partition coefficient (Wildman–Crippen LogP) is 2.62. The second-order valence-electron chi connectivity index (χ2n) is 4.92. The summed E-state index contributed by atoms with van der Waals surface area (Å²) in [6.07, 6.45) is 0. The molecule has 3 aromatic rings. The molecule has 0 aliphatic heterocycles. The van der Waals surface area contributed by atoms with E-state index in [1.54, 1.807) is 6.07 Å². The van der Waals surface area contributed by atoms with Crippen LogP contribution in [0.25, 0.3) is 22.2 Å². The van der Waals surface area contributed by atoms with Gasteiger partial charge in [0.2, 0.25) is 0 Å². The zero-order chi connectivity index (χ0) is 15.4. The van der Waals surface area contributed by atoms with Gasteiger partial charge in [0.05, 0.1) is 23.4 Å². The average molecular weight is 292 g/mol. The lowest BCUT2D eigenvalue weighted by Crippen LogP contribution is -2.26. The molecule has 2 aromatic carbocycles. The standard InChI is InChI=1S/C18H16N2O2/c21-11-10-19-18(22)15-12-17(13-6-2-1-3-7-13)20-16-9-5-4-8-14(15)16/h1-9,12,21H,10-11H2,(H,19,22). The van der Waals surface area contributed by atoms with E-state index in [4.69, 9.17) is 5.11 Å². The van der Waals surface area contributed by atoms with Gasteiger partial charge in [-0.15, -0.1) is 0 Å². The molecule has 0 saturated carbocycles. The Balaban J connectivity index is 2.14. The molecule has 0 radical (unpaired) electrons. The maximum atomic E-state index is 12.4. The van der Waals surface area contributed by atoms with Gasteiger partial charge >= 0.3 is 0 Å². The minimum absolute atomic E-state index is 0.0830. The quantitative estimate of drug-likeness (QED) is 0.777. The minimum Gasteiger partial charge on any atom is -0.395 e. The number of carbonyl (C=O) groups is 1. The van der Waals surface area contributed by atoms with Crippen LogP contribution >= 0.6 is 0 Å². The fourth-order valence-electron chi connectivity index (χ4n) is 2.38. The summed E-state index contributed by atoms with van der Waals surface area (Å²) < 4.78 is 0. The number of nitrogens with zero attached hydrogens (tertiary/aromatic N) is 1. The molecule has 0 saturated heterocycles. The molecule has 3 rings (SSSR count). The molecule has 0 atom stereocenters. The molecular weight excluding hydrogens is 276 g/mol. The third-order valence-electron chi connectivity index (χ3n) is 3.43. The first-order chi connectivity index (χ1) is 10.8. The molecule has 1 heterocycles. The lowest BCUT2D eigenvalue weighted by molar-refractivity contribution is 0.0946. The molecule has 4 nitrogen and oxygen atoms in total. The van der Waals surface area contributed by atoms with E-state index in [-0.39, 0.29) is 19.1 Å². The van der Waals surface area contributed by atoms with Gasteiger partial charge in [0.25, 0.3) is 5.91 Å². The van der Waals surface area contributed by atoms with Crippen LogP contribution in [0.4, 0.5) is 0 Å². The first kappa shape index (κ1) is 14.2. The van der Waals surface area contributed by atoms with Gasteiger partial charge < -0.3 is 10.4 Å². The van der Waals surface area contributed by atoms with Crippen LogP contribution in [0.2, 0.25) is 0 Å². The number of fused-ring (bicyclic) bond motifs is 1. The van der Waals surface area contributed by atoms with Crippen LogP contribution < -0.4 is 5.32 Å². The SMILES string of the molecule is O=C(NCCO)c1cc(-c2ccccc2)nc2ccccc12. The Morgan fingerprint density at radius 1 is 1.05 bits per heavy atom. The number of pyridine rings is 1. The van der Waals surface area contributed by atoms with E-state index in [1.165, 1.54) is 0 Å².